The van der Waals surface area contributed by atoms with Gasteiger partial charge in [0, 0.05) is 6.07 Å². The highest BCUT2D eigenvalue weighted by atomic mass is 35.5. The van der Waals surface area contributed by atoms with E-state index >= 15 is 0 Å². The summed E-state index contributed by atoms with van der Waals surface area (Å²) in [6.07, 6.45) is 0.839. The molecule has 1 amide bonds. The Morgan fingerprint density at radius 2 is 1.90 bits per heavy atom. The second-order valence-corrected chi connectivity index (χ2v) is 4.39. The molecular formula is C13H8ClF3N2O. The number of hydrogen-bond donors (Lipinski definition) is 1. The van der Waals surface area contributed by atoms with Crippen molar-refractivity contribution in [2.24, 2.45) is 0 Å². The summed E-state index contributed by atoms with van der Waals surface area (Å²) in [5.41, 5.74) is -0.531. The van der Waals surface area contributed by atoms with Crippen molar-refractivity contribution in [3.05, 3.63) is 58.1 Å². The average molecular weight is 301 g/mol. The molecule has 1 aromatic heterocycles. The van der Waals surface area contributed by atoms with E-state index in [9.17, 15) is 18.0 Å². The number of hydrogen-bond acceptors (Lipinski definition) is 2. The number of anilines is 1. The van der Waals surface area contributed by atoms with E-state index in [1.165, 1.54) is 6.92 Å². The molecule has 2 aromatic rings. The van der Waals surface area contributed by atoms with Crippen molar-refractivity contribution in [2.45, 2.75) is 6.92 Å². The maximum Gasteiger partial charge on any atom is 0.258 e. The van der Waals surface area contributed by atoms with Crippen LogP contribution in [-0.2, 0) is 0 Å². The Hall–Kier alpha value is -2.08. The van der Waals surface area contributed by atoms with Gasteiger partial charge in [-0.15, -0.1) is 0 Å². The Morgan fingerprint density at radius 1 is 1.20 bits per heavy atom. The van der Waals surface area contributed by atoms with Crippen molar-refractivity contribution in [2.75, 3.05) is 5.32 Å². The molecule has 7 heteroatoms. The van der Waals surface area contributed by atoms with Gasteiger partial charge < -0.3 is 5.32 Å². The highest BCUT2D eigenvalue weighted by Gasteiger charge is 2.16. The topological polar surface area (TPSA) is 42.0 Å². The van der Waals surface area contributed by atoms with Crippen LogP contribution in [0.15, 0.2) is 24.4 Å². The van der Waals surface area contributed by atoms with Crippen molar-refractivity contribution < 1.29 is 18.0 Å². The smallest absolute Gasteiger partial charge is 0.258 e. The minimum atomic E-state index is -0.885. The Balaban J connectivity index is 2.32. The van der Waals surface area contributed by atoms with Crippen molar-refractivity contribution in [1.82, 2.24) is 4.98 Å². The molecule has 104 valence electrons. The van der Waals surface area contributed by atoms with Gasteiger partial charge in [-0.25, -0.2) is 18.2 Å². The standard InChI is InChI=1S/C13H8ClF3N2O/c1-6-2-10(17)11(4-9(6)16)19-13(20)8-3-7(15)5-18-12(8)14/h2-5H,1H3,(H,19,20). The number of amides is 1. The monoisotopic (exact) mass is 300 g/mol. The quantitative estimate of drug-likeness (QED) is 0.859. The van der Waals surface area contributed by atoms with Crippen LogP contribution >= 0.6 is 11.6 Å². The van der Waals surface area contributed by atoms with Crippen molar-refractivity contribution in [3.8, 4) is 0 Å². The first kappa shape index (κ1) is 14.3. The number of nitrogens with one attached hydrogen (secondary N) is 1. The lowest BCUT2D eigenvalue weighted by atomic mass is 10.2. The minimum absolute atomic E-state index is 0.103. The Bertz CT molecular complexity index is 692. The zero-order valence-corrected chi connectivity index (χ0v) is 10.9. The number of aryl methyl sites for hydroxylation is 1. The predicted molar refractivity (Wildman–Crippen MR) is 68.3 cm³/mol. The molecule has 2 rings (SSSR count). The van der Waals surface area contributed by atoms with Crippen LogP contribution in [0.1, 0.15) is 15.9 Å². The van der Waals surface area contributed by atoms with Crippen LogP contribution in [0.5, 0.6) is 0 Å². The molecule has 0 saturated carbocycles. The van der Waals surface area contributed by atoms with Crippen molar-refractivity contribution in [3.63, 3.8) is 0 Å². The van der Waals surface area contributed by atoms with Gasteiger partial charge >= 0.3 is 0 Å². The number of rotatable bonds is 2. The number of aromatic nitrogens is 1. The number of carbonyl (C=O) groups is 1. The Morgan fingerprint density at radius 3 is 2.60 bits per heavy atom. The summed E-state index contributed by atoms with van der Waals surface area (Å²) >= 11 is 5.65. The van der Waals surface area contributed by atoms with Crippen LogP contribution in [0.4, 0.5) is 18.9 Å². The SMILES string of the molecule is Cc1cc(F)c(NC(=O)c2cc(F)cnc2Cl)cc1F. The molecule has 20 heavy (non-hydrogen) atoms. The molecule has 0 aliphatic heterocycles. The zero-order valence-electron chi connectivity index (χ0n) is 10.2. The molecule has 0 radical (unpaired) electrons. The largest absolute Gasteiger partial charge is 0.319 e. The summed E-state index contributed by atoms with van der Waals surface area (Å²) in [7, 11) is 0. The zero-order chi connectivity index (χ0) is 14.9. The first-order valence-corrected chi connectivity index (χ1v) is 5.84. The fourth-order valence-electron chi connectivity index (χ4n) is 1.51. The number of halogens is 4. The molecule has 0 aliphatic rings. The molecule has 0 atom stereocenters. The van der Waals surface area contributed by atoms with Crippen LogP contribution in [0, 0.1) is 24.4 Å². The van der Waals surface area contributed by atoms with Gasteiger partial charge in [0.15, 0.2) is 0 Å². The highest BCUT2D eigenvalue weighted by molar-refractivity contribution is 6.33. The first-order valence-electron chi connectivity index (χ1n) is 5.46. The second-order valence-electron chi connectivity index (χ2n) is 4.03. The maximum atomic E-state index is 13.6. The van der Waals surface area contributed by atoms with Crippen LogP contribution in [0.3, 0.4) is 0 Å². The Labute approximate surface area is 117 Å². The van der Waals surface area contributed by atoms with Crippen LogP contribution in [-0.4, -0.2) is 10.9 Å². The van der Waals surface area contributed by atoms with Crippen molar-refractivity contribution in [1.29, 1.82) is 0 Å². The molecule has 0 fully saturated rings. The highest BCUT2D eigenvalue weighted by Crippen LogP contribution is 2.21. The van der Waals surface area contributed by atoms with E-state index in [1.807, 2.05) is 0 Å². The molecule has 0 unspecified atom stereocenters. The average Bonchev–Trinajstić information content (AvgIpc) is 2.38. The third-order valence-electron chi connectivity index (χ3n) is 2.55. The lowest BCUT2D eigenvalue weighted by molar-refractivity contribution is 0.102. The van der Waals surface area contributed by atoms with Gasteiger partial charge in [0.2, 0.25) is 0 Å². The molecule has 0 aliphatic carbocycles. The third kappa shape index (κ3) is 2.91. The fourth-order valence-corrected chi connectivity index (χ4v) is 1.70. The van der Waals surface area contributed by atoms with Crippen LogP contribution < -0.4 is 5.32 Å². The first-order chi connectivity index (χ1) is 9.38. The van der Waals surface area contributed by atoms with E-state index in [-0.39, 0.29) is 22.0 Å². The number of carbonyl (C=O) groups excluding carboxylic acids is 1. The third-order valence-corrected chi connectivity index (χ3v) is 2.85. The van der Waals surface area contributed by atoms with Gasteiger partial charge in [-0.1, -0.05) is 11.6 Å². The molecule has 0 bridgehead atoms. The number of pyridine rings is 1. The number of benzene rings is 1. The van der Waals surface area contributed by atoms with Gasteiger partial charge in [-0.3, -0.25) is 4.79 Å². The summed E-state index contributed by atoms with van der Waals surface area (Å²) in [6.45, 7) is 1.39. The molecule has 0 spiro atoms. The lowest BCUT2D eigenvalue weighted by Gasteiger charge is -2.08. The molecule has 1 N–H and O–H groups in total. The van der Waals surface area contributed by atoms with Gasteiger partial charge in [-0.2, -0.15) is 0 Å². The molecular weight excluding hydrogens is 293 g/mol. The molecule has 1 heterocycles. The van der Waals surface area contributed by atoms with E-state index in [4.69, 9.17) is 11.6 Å². The lowest BCUT2D eigenvalue weighted by Crippen LogP contribution is -2.15. The van der Waals surface area contributed by atoms with E-state index in [2.05, 4.69) is 10.3 Å². The van der Waals surface area contributed by atoms with Gasteiger partial charge in [-0.05, 0) is 24.6 Å². The van der Waals surface area contributed by atoms with Crippen molar-refractivity contribution >= 4 is 23.2 Å². The van der Waals surface area contributed by atoms with Gasteiger partial charge in [0.25, 0.3) is 5.91 Å². The summed E-state index contributed by atoms with van der Waals surface area (Å²) in [5.74, 6) is -3.14. The van der Waals surface area contributed by atoms with E-state index in [0.717, 1.165) is 24.4 Å². The normalized spacial score (nSPS) is 10.4. The fraction of sp³-hybridized carbons (Fsp3) is 0.0769. The van der Waals surface area contributed by atoms with E-state index < -0.39 is 23.4 Å². The van der Waals surface area contributed by atoms with Gasteiger partial charge in [0.05, 0.1) is 17.4 Å². The summed E-state index contributed by atoms with van der Waals surface area (Å²) in [4.78, 5) is 15.3. The van der Waals surface area contributed by atoms with E-state index in [0.29, 0.717) is 0 Å². The maximum absolute atomic E-state index is 13.6. The summed E-state index contributed by atoms with van der Waals surface area (Å²) in [5, 5.41) is 1.88. The van der Waals surface area contributed by atoms with Gasteiger partial charge in [0.1, 0.15) is 22.6 Å². The molecule has 3 nitrogen and oxygen atoms in total. The minimum Gasteiger partial charge on any atom is -0.319 e. The summed E-state index contributed by atoms with van der Waals surface area (Å²) < 4.78 is 39.9. The summed E-state index contributed by atoms with van der Waals surface area (Å²) in [6, 6.07) is 2.63. The number of nitrogens with zero attached hydrogens (tertiary/aromatic N) is 1. The predicted octanol–water partition coefficient (Wildman–Crippen LogP) is 3.71. The van der Waals surface area contributed by atoms with Crippen LogP contribution in [0.2, 0.25) is 5.15 Å². The molecule has 1 aromatic carbocycles. The van der Waals surface area contributed by atoms with E-state index in [1.54, 1.807) is 0 Å². The van der Waals surface area contributed by atoms with Crippen LogP contribution in [0.25, 0.3) is 0 Å². The Kier molecular flexibility index (Phi) is 3.94. The second kappa shape index (κ2) is 5.50. The molecule has 0 saturated heterocycles.